The smallest absolute Gasteiger partial charge is 0.254 e. The number of benzene rings is 1. The van der Waals surface area contributed by atoms with Gasteiger partial charge >= 0.3 is 0 Å². The third-order valence-electron chi connectivity index (χ3n) is 2.01. The molecule has 1 rings (SSSR count). The van der Waals surface area contributed by atoms with Gasteiger partial charge in [0, 0.05) is 18.1 Å². The Morgan fingerprint density at radius 1 is 1.65 bits per heavy atom. The standard InChI is InChI=1S/C10H13BrN2O3.ClH/c1-16-9(5-12)10(15)13-7-4-6(11)2-3-8(7)14;/h2-4,9,14H,5,12H2,1H3,(H,13,15);1H. The molecule has 0 saturated heterocycles. The Morgan fingerprint density at radius 2 is 2.29 bits per heavy atom. The average molecular weight is 326 g/mol. The minimum atomic E-state index is -0.724. The van der Waals surface area contributed by atoms with Gasteiger partial charge in [-0.3, -0.25) is 4.79 Å². The van der Waals surface area contributed by atoms with Crippen LogP contribution in [0.3, 0.4) is 0 Å². The molecule has 96 valence electrons. The molecule has 0 fully saturated rings. The highest BCUT2D eigenvalue weighted by Crippen LogP contribution is 2.26. The fraction of sp³-hybridized carbons (Fsp3) is 0.300. The van der Waals surface area contributed by atoms with Crippen LogP contribution >= 0.6 is 28.3 Å². The molecule has 5 nitrogen and oxygen atoms in total. The lowest BCUT2D eigenvalue weighted by molar-refractivity contribution is -0.125. The summed E-state index contributed by atoms with van der Waals surface area (Å²) in [4.78, 5) is 11.6. The van der Waals surface area contributed by atoms with E-state index in [1.54, 1.807) is 12.1 Å². The summed E-state index contributed by atoms with van der Waals surface area (Å²) in [6, 6.07) is 4.74. The van der Waals surface area contributed by atoms with Crippen LogP contribution < -0.4 is 11.1 Å². The van der Waals surface area contributed by atoms with Gasteiger partial charge in [0.1, 0.15) is 11.9 Å². The number of methoxy groups -OCH3 is 1. The van der Waals surface area contributed by atoms with E-state index in [4.69, 9.17) is 10.5 Å². The van der Waals surface area contributed by atoms with Crippen LogP contribution in [0.1, 0.15) is 0 Å². The lowest BCUT2D eigenvalue weighted by Gasteiger charge is -2.13. The molecule has 1 amide bonds. The van der Waals surface area contributed by atoms with Crippen LogP contribution in [0, 0.1) is 0 Å². The zero-order chi connectivity index (χ0) is 12.1. The van der Waals surface area contributed by atoms with Crippen molar-refractivity contribution in [2.45, 2.75) is 6.10 Å². The normalized spacial score (nSPS) is 11.5. The zero-order valence-corrected chi connectivity index (χ0v) is 11.5. The Bertz CT molecular complexity index is 386. The maximum atomic E-state index is 11.6. The number of aromatic hydroxyl groups is 1. The largest absolute Gasteiger partial charge is 0.506 e. The number of phenols is 1. The van der Waals surface area contributed by atoms with Gasteiger partial charge in [0.15, 0.2) is 0 Å². The van der Waals surface area contributed by atoms with Crippen LogP contribution in [0.15, 0.2) is 22.7 Å². The number of amides is 1. The van der Waals surface area contributed by atoms with Gasteiger partial charge < -0.3 is 20.9 Å². The number of carbonyl (C=O) groups excluding carboxylic acids is 1. The second-order valence-corrected chi connectivity index (χ2v) is 4.03. The third kappa shape index (κ3) is 4.51. The maximum absolute atomic E-state index is 11.6. The SMILES string of the molecule is COC(CN)C(=O)Nc1cc(Br)ccc1O.Cl. The number of nitrogens with two attached hydrogens (primary N) is 1. The van der Waals surface area contributed by atoms with E-state index < -0.39 is 12.0 Å². The summed E-state index contributed by atoms with van der Waals surface area (Å²) in [6.45, 7) is 0.0805. The van der Waals surface area contributed by atoms with E-state index in [9.17, 15) is 9.90 Å². The van der Waals surface area contributed by atoms with Crippen molar-refractivity contribution in [2.24, 2.45) is 5.73 Å². The first-order valence-electron chi connectivity index (χ1n) is 4.60. The van der Waals surface area contributed by atoms with Crippen molar-refractivity contribution < 1.29 is 14.6 Å². The molecule has 0 radical (unpaired) electrons. The number of phenolic OH excluding ortho intramolecular Hbond substituents is 1. The van der Waals surface area contributed by atoms with E-state index in [1.807, 2.05) is 0 Å². The summed E-state index contributed by atoms with van der Waals surface area (Å²) in [6.07, 6.45) is -0.724. The summed E-state index contributed by atoms with van der Waals surface area (Å²) in [5.41, 5.74) is 5.66. The van der Waals surface area contributed by atoms with Crippen LogP contribution in [-0.4, -0.2) is 30.8 Å². The minimum absolute atomic E-state index is 0. The maximum Gasteiger partial charge on any atom is 0.254 e. The number of rotatable bonds is 4. The van der Waals surface area contributed by atoms with Crippen LogP contribution in [-0.2, 0) is 9.53 Å². The highest BCUT2D eigenvalue weighted by atomic mass is 79.9. The van der Waals surface area contributed by atoms with Gasteiger partial charge in [0.05, 0.1) is 5.69 Å². The van der Waals surface area contributed by atoms with Crippen molar-refractivity contribution in [3.05, 3.63) is 22.7 Å². The van der Waals surface area contributed by atoms with Gasteiger partial charge in [-0.2, -0.15) is 0 Å². The molecule has 0 bridgehead atoms. The molecular formula is C10H14BrClN2O3. The predicted octanol–water partition coefficient (Wildman–Crippen LogP) is 1.49. The van der Waals surface area contributed by atoms with Gasteiger partial charge in [-0.05, 0) is 18.2 Å². The second kappa shape index (κ2) is 7.50. The van der Waals surface area contributed by atoms with Crippen molar-refractivity contribution in [2.75, 3.05) is 19.0 Å². The molecular weight excluding hydrogens is 311 g/mol. The minimum Gasteiger partial charge on any atom is -0.506 e. The number of halogens is 2. The molecule has 0 heterocycles. The molecule has 1 atom stereocenters. The van der Waals surface area contributed by atoms with E-state index >= 15 is 0 Å². The van der Waals surface area contributed by atoms with Crippen molar-refractivity contribution in [3.8, 4) is 5.75 Å². The van der Waals surface area contributed by atoms with Crippen molar-refractivity contribution in [1.29, 1.82) is 0 Å². The molecule has 0 aliphatic heterocycles. The number of hydrogen-bond donors (Lipinski definition) is 3. The van der Waals surface area contributed by atoms with Crippen molar-refractivity contribution in [1.82, 2.24) is 0 Å². The number of hydrogen-bond acceptors (Lipinski definition) is 4. The summed E-state index contributed by atoms with van der Waals surface area (Å²) < 4.78 is 5.63. The fourth-order valence-electron chi connectivity index (χ4n) is 1.13. The quantitative estimate of drug-likeness (QED) is 0.732. The number of nitrogens with one attached hydrogen (secondary N) is 1. The molecule has 7 heteroatoms. The monoisotopic (exact) mass is 324 g/mol. The highest BCUT2D eigenvalue weighted by Gasteiger charge is 2.17. The molecule has 17 heavy (non-hydrogen) atoms. The van der Waals surface area contributed by atoms with Gasteiger partial charge in [0.25, 0.3) is 5.91 Å². The number of ether oxygens (including phenoxy) is 1. The molecule has 1 aromatic rings. The Hall–Kier alpha value is -0.820. The van der Waals surface area contributed by atoms with Crippen LogP contribution in [0.4, 0.5) is 5.69 Å². The Balaban J connectivity index is 0.00000256. The second-order valence-electron chi connectivity index (χ2n) is 3.11. The summed E-state index contributed by atoms with van der Waals surface area (Å²) in [5, 5.41) is 12.0. The lowest BCUT2D eigenvalue weighted by Crippen LogP contribution is -2.35. The first-order valence-corrected chi connectivity index (χ1v) is 5.40. The van der Waals surface area contributed by atoms with Gasteiger partial charge in [0.2, 0.25) is 0 Å². The van der Waals surface area contributed by atoms with Crippen molar-refractivity contribution >= 4 is 39.9 Å². The van der Waals surface area contributed by atoms with E-state index in [2.05, 4.69) is 21.2 Å². The number of carbonyl (C=O) groups is 1. The summed E-state index contributed by atoms with van der Waals surface area (Å²) >= 11 is 3.24. The predicted molar refractivity (Wildman–Crippen MR) is 71.5 cm³/mol. The van der Waals surface area contributed by atoms with Gasteiger partial charge in [-0.15, -0.1) is 12.4 Å². The molecule has 1 aromatic carbocycles. The van der Waals surface area contributed by atoms with Gasteiger partial charge in [-0.1, -0.05) is 15.9 Å². The van der Waals surface area contributed by atoms with Crippen LogP contribution in [0.25, 0.3) is 0 Å². The Morgan fingerprint density at radius 3 is 2.82 bits per heavy atom. The molecule has 0 saturated carbocycles. The van der Waals surface area contributed by atoms with E-state index in [0.717, 1.165) is 4.47 Å². The Labute approximate surface area is 114 Å². The summed E-state index contributed by atoms with van der Waals surface area (Å²) in [7, 11) is 1.40. The lowest BCUT2D eigenvalue weighted by atomic mass is 10.2. The summed E-state index contributed by atoms with van der Waals surface area (Å²) in [5.74, 6) is -0.401. The van der Waals surface area contributed by atoms with Crippen LogP contribution in [0.5, 0.6) is 5.75 Å². The topological polar surface area (TPSA) is 84.6 Å². The zero-order valence-electron chi connectivity index (χ0n) is 9.14. The molecule has 1 unspecified atom stereocenters. The van der Waals surface area contributed by atoms with Gasteiger partial charge in [-0.25, -0.2) is 0 Å². The number of anilines is 1. The molecule has 0 aliphatic rings. The first-order chi connectivity index (χ1) is 7.58. The molecule has 4 N–H and O–H groups in total. The average Bonchev–Trinajstić information content (AvgIpc) is 2.25. The van der Waals surface area contributed by atoms with Crippen LogP contribution in [0.2, 0.25) is 0 Å². The van der Waals surface area contributed by atoms with Crippen molar-refractivity contribution in [3.63, 3.8) is 0 Å². The van der Waals surface area contributed by atoms with E-state index in [-0.39, 0.29) is 24.7 Å². The first kappa shape index (κ1) is 16.2. The third-order valence-corrected chi connectivity index (χ3v) is 2.50. The molecule has 0 spiro atoms. The highest BCUT2D eigenvalue weighted by molar-refractivity contribution is 9.10. The van der Waals surface area contributed by atoms with E-state index in [1.165, 1.54) is 13.2 Å². The Kier molecular flexibility index (Phi) is 7.13. The fourth-order valence-corrected chi connectivity index (χ4v) is 1.49. The molecule has 0 aliphatic carbocycles. The molecule has 0 aromatic heterocycles. The van der Waals surface area contributed by atoms with E-state index in [0.29, 0.717) is 5.69 Å².